The van der Waals surface area contributed by atoms with E-state index in [9.17, 15) is 0 Å². The summed E-state index contributed by atoms with van der Waals surface area (Å²) in [5.74, 6) is 0. The summed E-state index contributed by atoms with van der Waals surface area (Å²) >= 11 is 0. The molecule has 0 amide bonds. The minimum Gasteiger partial charge on any atom is -0.263 e. The van der Waals surface area contributed by atoms with E-state index in [0.29, 0.717) is 0 Å². The van der Waals surface area contributed by atoms with Crippen LogP contribution in [0.2, 0.25) is 0 Å². The average molecular weight is 318 g/mol. The van der Waals surface area contributed by atoms with Gasteiger partial charge in [-0.2, -0.15) is 22.3 Å². The number of hydrogen-bond donors (Lipinski definition) is 0. The van der Waals surface area contributed by atoms with Crippen molar-refractivity contribution in [2.45, 2.75) is 69.2 Å². The maximum atomic E-state index is 3.44. The molecule has 21 heavy (non-hydrogen) atoms. The molecule has 0 aromatic heterocycles. The van der Waals surface area contributed by atoms with Crippen LogP contribution in [0.4, 0.5) is 0 Å². The Morgan fingerprint density at radius 3 is 0.857 bits per heavy atom. The zero-order valence-electron chi connectivity index (χ0n) is 15.5. The third-order valence-electron chi connectivity index (χ3n) is 5.12. The van der Waals surface area contributed by atoms with Gasteiger partial charge in [0.1, 0.15) is 0 Å². The Bertz CT molecular complexity index is 484. The molecule has 0 saturated carbocycles. The van der Waals surface area contributed by atoms with Crippen molar-refractivity contribution < 1.29 is 21.7 Å². The monoisotopic (exact) mass is 318 g/mol. The van der Waals surface area contributed by atoms with E-state index in [1.165, 1.54) is 33.4 Å². The summed E-state index contributed by atoms with van der Waals surface area (Å²) in [6.45, 7) is 21.8. The van der Waals surface area contributed by atoms with Crippen molar-refractivity contribution in [3.8, 4) is 0 Å². The molecule has 1 heteroatoms. The maximum absolute atomic E-state index is 3.44. The molecule has 0 N–H and O–H groups in total. The van der Waals surface area contributed by atoms with Crippen molar-refractivity contribution in [3.05, 3.63) is 45.6 Å². The molecule has 114 valence electrons. The topological polar surface area (TPSA) is 0 Å². The predicted molar refractivity (Wildman–Crippen MR) is 89.2 cm³/mol. The van der Waals surface area contributed by atoms with Gasteiger partial charge in [0.15, 0.2) is 0 Å². The molecular weight excluding hydrogens is 288 g/mol. The smallest absolute Gasteiger partial charge is 0.263 e. The fraction of sp³-hybridized carbons (Fsp3) is 0.600. The quantitative estimate of drug-likeness (QED) is 0.367. The standard InChI is InChI=1S/2C10H15.Ti/c2*1-7-6-10(4,5)9(3)8(7)2;/h2*1-5H3;/q2*-1;+2. The van der Waals surface area contributed by atoms with Crippen molar-refractivity contribution in [3.63, 3.8) is 0 Å². The second kappa shape index (κ2) is 6.84. The summed E-state index contributed by atoms with van der Waals surface area (Å²) in [5, 5.41) is 0. The van der Waals surface area contributed by atoms with E-state index in [1.54, 1.807) is 0 Å². The Balaban J connectivity index is 0.000000364. The van der Waals surface area contributed by atoms with Gasteiger partial charge < -0.3 is 0 Å². The van der Waals surface area contributed by atoms with Gasteiger partial charge >= 0.3 is 21.7 Å². The molecule has 0 bridgehead atoms. The molecule has 0 atom stereocenters. The Morgan fingerprint density at radius 2 is 0.810 bits per heavy atom. The fourth-order valence-corrected chi connectivity index (χ4v) is 2.81. The first-order valence-corrected chi connectivity index (χ1v) is 7.50. The van der Waals surface area contributed by atoms with Crippen LogP contribution in [0, 0.1) is 23.0 Å². The summed E-state index contributed by atoms with van der Waals surface area (Å²) < 4.78 is 0. The Morgan fingerprint density at radius 1 is 0.571 bits per heavy atom. The van der Waals surface area contributed by atoms with Crippen molar-refractivity contribution in [2.24, 2.45) is 10.8 Å². The summed E-state index contributed by atoms with van der Waals surface area (Å²) in [6, 6.07) is 0. The van der Waals surface area contributed by atoms with Crippen molar-refractivity contribution >= 4 is 0 Å². The third-order valence-corrected chi connectivity index (χ3v) is 5.12. The normalized spacial score (nSPS) is 22.4. The van der Waals surface area contributed by atoms with E-state index in [0.717, 1.165) is 0 Å². The van der Waals surface area contributed by atoms with Crippen molar-refractivity contribution in [2.75, 3.05) is 0 Å². The molecule has 0 spiro atoms. The summed E-state index contributed by atoms with van der Waals surface area (Å²) in [5.41, 5.74) is 8.79. The molecule has 0 nitrogen and oxygen atoms in total. The molecule has 2 aliphatic carbocycles. The van der Waals surface area contributed by atoms with Crippen LogP contribution in [0.3, 0.4) is 0 Å². The van der Waals surface area contributed by atoms with Crippen LogP contribution in [-0.2, 0) is 21.7 Å². The zero-order chi connectivity index (χ0) is 15.9. The van der Waals surface area contributed by atoms with E-state index < -0.39 is 0 Å². The van der Waals surface area contributed by atoms with Crippen LogP contribution >= 0.6 is 0 Å². The second-order valence-electron chi connectivity index (χ2n) is 7.25. The van der Waals surface area contributed by atoms with Crippen molar-refractivity contribution in [1.29, 1.82) is 0 Å². The van der Waals surface area contributed by atoms with E-state index in [-0.39, 0.29) is 32.5 Å². The maximum Gasteiger partial charge on any atom is 2.00 e. The van der Waals surface area contributed by atoms with Crippen molar-refractivity contribution in [1.82, 2.24) is 0 Å². The van der Waals surface area contributed by atoms with Gasteiger partial charge in [-0.15, -0.1) is 13.8 Å². The second-order valence-corrected chi connectivity index (χ2v) is 7.25. The molecule has 0 aromatic rings. The SMILES string of the molecule is CC1=[C-]C(C)(C)C(C)=C1C.CC1=[C-]C(C)(C)C(C)=C1C.[Ti+2]. The zero-order valence-corrected chi connectivity index (χ0v) is 17.1. The van der Waals surface area contributed by atoms with Crippen LogP contribution in [0.1, 0.15) is 69.2 Å². The molecule has 2 aliphatic rings. The molecule has 2 rings (SSSR count). The molecule has 0 heterocycles. The number of hydrogen-bond acceptors (Lipinski definition) is 0. The molecule has 0 radical (unpaired) electrons. The van der Waals surface area contributed by atoms with E-state index >= 15 is 0 Å². The molecule has 0 unspecified atom stereocenters. The van der Waals surface area contributed by atoms with Gasteiger partial charge in [-0.3, -0.25) is 12.2 Å². The Hall–Kier alpha value is -0.326. The van der Waals surface area contributed by atoms with Crippen LogP contribution < -0.4 is 0 Å². The first-order valence-electron chi connectivity index (χ1n) is 7.50. The van der Waals surface area contributed by atoms with Crippen LogP contribution in [-0.4, -0.2) is 0 Å². The molecule has 0 aliphatic heterocycles. The van der Waals surface area contributed by atoms with Gasteiger partial charge in [-0.25, -0.2) is 11.1 Å². The van der Waals surface area contributed by atoms with Gasteiger partial charge in [0.2, 0.25) is 0 Å². The van der Waals surface area contributed by atoms with Crippen LogP contribution in [0.15, 0.2) is 33.4 Å². The van der Waals surface area contributed by atoms with Gasteiger partial charge in [0.05, 0.1) is 0 Å². The predicted octanol–water partition coefficient (Wildman–Crippen LogP) is 6.22. The van der Waals surface area contributed by atoms with Gasteiger partial charge in [0.25, 0.3) is 0 Å². The van der Waals surface area contributed by atoms with Gasteiger partial charge in [-0.05, 0) is 0 Å². The van der Waals surface area contributed by atoms with Gasteiger partial charge in [0, 0.05) is 0 Å². The van der Waals surface area contributed by atoms with Gasteiger partial charge in [-0.1, -0.05) is 66.2 Å². The Kier molecular flexibility index (Phi) is 6.73. The Labute approximate surface area is 147 Å². The van der Waals surface area contributed by atoms with Crippen LogP contribution in [0.25, 0.3) is 0 Å². The third kappa shape index (κ3) is 4.33. The molecule has 0 saturated heterocycles. The largest absolute Gasteiger partial charge is 2.00 e. The van der Waals surface area contributed by atoms with E-state index in [4.69, 9.17) is 0 Å². The molecule has 0 fully saturated rings. The van der Waals surface area contributed by atoms with Crippen LogP contribution in [0.5, 0.6) is 0 Å². The molecular formula is C20H30Ti. The minimum atomic E-state index is 0. The minimum absolute atomic E-state index is 0. The number of allylic oxidation sites excluding steroid dienone is 8. The fourth-order valence-electron chi connectivity index (χ4n) is 2.81. The number of rotatable bonds is 0. The van der Waals surface area contributed by atoms with E-state index in [1.807, 2.05) is 0 Å². The summed E-state index contributed by atoms with van der Waals surface area (Å²) in [7, 11) is 0. The summed E-state index contributed by atoms with van der Waals surface area (Å²) in [6.07, 6.45) is 6.87. The summed E-state index contributed by atoms with van der Waals surface area (Å²) in [4.78, 5) is 0. The average Bonchev–Trinajstić information content (AvgIpc) is 2.60. The first kappa shape index (κ1) is 20.7. The molecule has 0 aromatic carbocycles. The van der Waals surface area contributed by atoms with E-state index in [2.05, 4.69) is 81.4 Å². The first-order chi connectivity index (χ1) is 8.90.